The zero-order valence-electron chi connectivity index (χ0n) is 7.05. The summed E-state index contributed by atoms with van der Waals surface area (Å²) < 4.78 is 0. The van der Waals surface area contributed by atoms with Gasteiger partial charge in [-0.1, -0.05) is 0 Å². The van der Waals surface area contributed by atoms with Gasteiger partial charge in [0.05, 0.1) is 0 Å². The van der Waals surface area contributed by atoms with Crippen molar-refractivity contribution in [3.8, 4) is 12.3 Å². The summed E-state index contributed by atoms with van der Waals surface area (Å²) in [6.45, 7) is 2.98. The summed E-state index contributed by atoms with van der Waals surface area (Å²) in [5.41, 5.74) is -1.20. The quantitative estimate of drug-likeness (QED) is 0.487. The smallest absolute Gasteiger partial charge is 0.163 e. The Labute approximate surface area is 67.6 Å². The molecule has 0 amide bonds. The number of aliphatic hydroxyl groups is 1. The van der Waals surface area contributed by atoms with Crippen LogP contribution in [0.1, 0.15) is 33.1 Å². The van der Waals surface area contributed by atoms with Crippen molar-refractivity contribution in [3.05, 3.63) is 0 Å². The normalized spacial score (nSPS) is 10.7. The van der Waals surface area contributed by atoms with E-state index in [1.165, 1.54) is 13.8 Å². The fourth-order valence-corrected chi connectivity index (χ4v) is 0.657. The van der Waals surface area contributed by atoms with Gasteiger partial charge in [-0.2, -0.15) is 0 Å². The van der Waals surface area contributed by atoms with Crippen molar-refractivity contribution in [1.29, 1.82) is 0 Å². The number of carbonyl (C=O) groups excluding carboxylic acids is 1. The molecule has 0 aromatic heterocycles. The molecule has 0 fully saturated rings. The minimum absolute atomic E-state index is 0.146. The molecule has 0 aromatic rings. The summed E-state index contributed by atoms with van der Waals surface area (Å²) in [6.07, 6.45) is 6.63. The highest BCUT2D eigenvalue weighted by molar-refractivity contribution is 5.86. The lowest BCUT2D eigenvalue weighted by Gasteiger charge is -2.14. The Kier molecular flexibility index (Phi) is 3.84. The molecule has 2 heteroatoms. The van der Waals surface area contributed by atoms with Crippen molar-refractivity contribution in [2.45, 2.75) is 38.7 Å². The van der Waals surface area contributed by atoms with Gasteiger partial charge in [0, 0.05) is 12.8 Å². The Bertz CT molecular complexity index is 169. The van der Waals surface area contributed by atoms with E-state index in [2.05, 4.69) is 5.92 Å². The molecule has 0 aliphatic rings. The standard InChI is InChI=1S/C9H14O2/c1-4-5-6-7-8(10)9(2,3)11/h1,11H,5-7H2,2-3H3. The number of rotatable bonds is 4. The van der Waals surface area contributed by atoms with Crippen LogP contribution in [0.3, 0.4) is 0 Å². The van der Waals surface area contributed by atoms with E-state index >= 15 is 0 Å². The highest BCUT2D eigenvalue weighted by atomic mass is 16.3. The largest absolute Gasteiger partial charge is 0.383 e. The highest BCUT2D eigenvalue weighted by Crippen LogP contribution is 2.08. The SMILES string of the molecule is C#CCCCC(=O)C(C)(C)O. The van der Waals surface area contributed by atoms with Gasteiger partial charge in [0.2, 0.25) is 0 Å². The fourth-order valence-electron chi connectivity index (χ4n) is 0.657. The Balaban J connectivity index is 3.64. The topological polar surface area (TPSA) is 37.3 Å². The van der Waals surface area contributed by atoms with Crippen LogP contribution in [-0.2, 0) is 4.79 Å². The third-order valence-electron chi connectivity index (χ3n) is 1.41. The number of terminal acetylenes is 1. The zero-order chi connectivity index (χ0) is 8.91. The maximum Gasteiger partial charge on any atom is 0.163 e. The van der Waals surface area contributed by atoms with Crippen LogP contribution in [0.5, 0.6) is 0 Å². The molecule has 1 N–H and O–H groups in total. The number of unbranched alkanes of at least 4 members (excludes halogenated alkanes) is 1. The van der Waals surface area contributed by atoms with Gasteiger partial charge in [0.15, 0.2) is 5.78 Å². The van der Waals surface area contributed by atoms with Crippen molar-refractivity contribution >= 4 is 5.78 Å². The summed E-state index contributed by atoms with van der Waals surface area (Å²) in [7, 11) is 0. The second-order valence-corrected chi connectivity index (χ2v) is 3.04. The molecule has 0 heterocycles. The predicted molar refractivity (Wildman–Crippen MR) is 44.0 cm³/mol. The van der Waals surface area contributed by atoms with Crippen LogP contribution in [0.15, 0.2) is 0 Å². The van der Waals surface area contributed by atoms with E-state index in [0.29, 0.717) is 19.3 Å². The molecule has 11 heavy (non-hydrogen) atoms. The number of hydrogen-bond acceptors (Lipinski definition) is 2. The van der Waals surface area contributed by atoms with Crippen molar-refractivity contribution in [2.24, 2.45) is 0 Å². The zero-order valence-corrected chi connectivity index (χ0v) is 7.05. The van der Waals surface area contributed by atoms with Crippen LogP contribution in [-0.4, -0.2) is 16.5 Å². The molecule has 0 unspecified atom stereocenters. The Morgan fingerprint density at radius 2 is 2.18 bits per heavy atom. The molecular weight excluding hydrogens is 140 g/mol. The van der Waals surface area contributed by atoms with Crippen LogP contribution in [0.25, 0.3) is 0 Å². The van der Waals surface area contributed by atoms with E-state index in [-0.39, 0.29) is 5.78 Å². The minimum atomic E-state index is -1.20. The Morgan fingerprint density at radius 3 is 2.55 bits per heavy atom. The first-order valence-electron chi connectivity index (χ1n) is 3.67. The van der Waals surface area contributed by atoms with Crippen molar-refractivity contribution in [1.82, 2.24) is 0 Å². The lowest BCUT2D eigenvalue weighted by Crippen LogP contribution is -2.30. The van der Waals surface area contributed by atoms with Gasteiger partial charge in [-0.15, -0.1) is 12.3 Å². The van der Waals surface area contributed by atoms with Gasteiger partial charge in [-0.25, -0.2) is 0 Å². The van der Waals surface area contributed by atoms with E-state index in [4.69, 9.17) is 6.42 Å². The van der Waals surface area contributed by atoms with Gasteiger partial charge in [0.1, 0.15) is 5.60 Å². The number of carbonyl (C=O) groups is 1. The molecule has 0 rings (SSSR count). The lowest BCUT2D eigenvalue weighted by molar-refractivity contribution is -0.134. The van der Waals surface area contributed by atoms with Gasteiger partial charge < -0.3 is 5.11 Å². The highest BCUT2D eigenvalue weighted by Gasteiger charge is 2.22. The van der Waals surface area contributed by atoms with E-state index in [1.54, 1.807) is 0 Å². The van der Waals surface area contributed by atoms with Crippen molar-refractivity contribution in [3.63, 3.8) is 0 Å². The van der Waals surface area contributed by atoms with Crippen molar-refractivity contribution in [2.75, 3.05) is 0 Å². The third kappa shape index (κ3) is 4.58. The number of Topliss-reactive ketones (excluding diaryl/α,β-unsaturated/α-hetero) is 1. The molecule has 62 valence electrons. The molecule has 0 radical (unpaired) electrons. The Hall–Kier alpha value is -0.810. The van der Waals surface area contributed by atoms with E-state index in [0.717, 1.165) is 0 Å². The Morgan fingerprint density at radius 1 is 1.64 bits per heavy atom. The molecule has 0 spiro atoms. The van der Waals surface area contributed by atoms with Crippen LogP contribution in [0.4, 0.5) is 0 Å². The minimum Gasteiger partial charge on any atom is -0.383 e. The summed E-state index contributed by atoms with van der Waals surface area (Å²) in [4.78, 5) is 11.0. The van der Waals surface area contributed by atoms with Crippen LogP contribution < -0.4 is 0 Å². The fraction of sp³-hybridized carbons (Fsp3) is 0.667. The maximum absolute atomic E-state index is 11.0. The van der Waals surface area contributed by atoms with Crippen LogP contribution in [0, 0.1) is 12.3 Å². The predicted octanol–water partition coefficient (Wildman–Crippen LogP) is 1.13. The van der Waals surface area contributed by atoms with E-state index in [9.17, 15) is 9.90 Å². The molecular formula is C9H14O2. The second-order valence-electron chi connectivity index (χ2n) is 3.04. The first-order chi connectivity index (χ1) is 4.98. The molecule has 0 atom stereocenters. The third-order valence-corrected chi connectivity index (χ3v) is 1.41. The maximum atomic E-state index is 11.0. The van der Waals surface area contributed by atoms with Crippen molar-refractivity contribution < 1.29 is 9.90 Å². The van der Waals surface area contributed by atoms with Gasteiger partial charge >= 0.3 is 0 Å². The van der Waals surface area contributed by atoms with Crippen LogP contribution >= 0.6 is 0 Å². The molecule has 0 aromatic carbocycles. The van der Waals surface area contributed by atoms with Gasteiger partial charge in [0.25, 0.3) is 0 Å². The second kappa shape index (κ2) is 4.15. The monoisotopic (exact) mass is 154 g/mol. The molecule has 0 aliphatic heterocycles. The molecule has 0 aliphatic carbocycles. The number of hydrogen-bond donors (Lipinski definition) is 1. The summed E-state index contributed by atoms with van der Waals surface area (Å²) in [6, 6.07) is 0. The van der Waals surface area contributed by atoms with Gasteiger partial charge in [-0.05, 0) is 20.3 Å². The summed E-state index contributed by atoms with van der Waals surface area (Å²) in [5, 5.41) is 9.18. The average Bonchev–Trinajstić information content (AvgIpc) is 1.86. The van der Waals surface area contributed by atoms with Crippen LogP contribution in [0.2, 0.25) is 0 Å². The van der Waals surface area contributed by atoms with E-state index in [1.807, 2.05) is 0 Å². The molecule has 0 saturated carbocycles. The summed E-state index contributed by atoms with van der Waals surface area (Å²) >= 11 is 0. The first-order valence-corrected chi connectivity index (χ1v) is 3.67. The molecule has 0 saturated heterocycles. The van der Waals surface area contributed by atoms with Gasteiger partial charge in [-0.3, -0.25) is 4.79 Å². The average molecular weight is 154 g/mol. The molecule has 2 nitrogen and oxygen atoms in total. The first kappa shape index (κ1) is 10.2. The van der Waals surface area contributed by atoms with E-state index < -0.39 is 5.60 Å². The number of ketones is 1. The lowest BCUT2D eigenvalue weighted by atomic mass is 9.99. The summed E-state index contributed by atoms with van der Waals surface area (Å²) in [5.74, 6) is 2.30. The molecule has 0 bridgehead atoms.